The van der Waals surface area contributed by atoms with Crippen LogP contribution < -0.4 is 4.72 Å². The van der Waals surface area contributed by atoms with Crippen LogP contribution in [0.15, 0.2) is 24.3 Å². The van der Waals surface area contributed by atoms with Crippen molar-refractivity contribution in [3.05, 3.63) is 35.4 Å². The third kappa shape index (κ3) is 5.78. The van der Waals surface area contributed by atoms with E-state index in [9.17, 15) is 13.7 Å². The van der Waals surface area contributed by atoms with Crippen LogP contribution in [0.1, 0.15) is 30.9 Å². The first-order chi connectivity index (χ1) is 10.4. The average Bonchev–Trinajstić information content (AvgIpc) is 2.79. The van der Waals surface area contributed by atoms with E-state index in [0.29, 0.717) is 24.6 Å². The molecule has 0 aromatic heterocycles. The summed E-state index contributed by atoms with van der Waals surface area (Å²) in [5.41, 5.74) is 1.69. The minimum absolute atomic E-state index is 0. The molecule has 0 radical (unpaired) electrons. The Balaban J connectivity index is 0.00000264. The van der Waals surface area contributed by atoms with E-state index >= 15 is 0 Å². The van der Waals surface area contributed by atoms with Gasteiger partial charge in [0.1, 0.15) is 0 Å². The maximum absolute atomic E-state index is 11.5. The zero-order valence-corrected chi connectivity index (χ0v) is 15.2. The van der Waals surface area contributed by atoms with Gasteiger partial charge in [0.2, 0.25) is 10.0 Å². The number of likely N-dealkylation sites (tertiary alicyclic amines) is 1. The maximum atomic E-state index is 11.5. The highest BCUT2D eigenvalue weighted by Gasteiger charge is 2.33. The topological polar surface area (TPSA) is 73.2 Å². The molecule has 1 saturated heterocycles. The molecular weight excluding hydrogens is 334 g/mol. The van der Waals surface area contributed by atoms with Gasteiger partial charge in [-0.3, -0.25) is 4.90 Å². The van der Waals surface area contributed by atoms with Crippen LogP contribution in [0.4, 0.5) is 0 Å². The number of rotatable bonds is 6. The second kappa shape index (κ2) is 8.65. The molecule has 1 heterocycles. The molecular formula is C16H24ClN3O2S. The van der Waals surface area contributed by atoms with Crippen molar-refractivity contribution in [1.82, 2.24) is 9.62 Å². The van der Waals surface area contributed by atoms with E-state index in [1.807, 2.05) is 24.3 Å². The first kappa shape index (κ1) is 19.9. The monoisotopic (exact) mass is 357 g/mol. The number of nitrogens with zero attached hydrogens (tertiary/aromatic N) is 2. The lowest BCUT2D eigenvalue weighted by molar-refractivity contribution is 0.312. The lowest BCUT2D eigenvalue weighted by Crippen LogP contribution is -2.39. The molecule has 1 aliphatic rings. The van der Waals surface area contributed by atoms with E-state index in [0.717, 1.165) is 24.9 Å². The van der Waals surface area contributed by atoms with E-state index < -0.39 is 10.0 Å². The molecule has 0 saturated carbocycles. The largest absolute Gasteiger partial charge is 0.297 e. The van der Waals surface area contributed by atoms with Gasteiger partial charge in [-0.1, -0.05) is 31.5 Å². The highest BCUT2D eigenvalue weighted by molar-refractivity contribution is 7.88. The Hall–Kier alpha value is -1.13. The molecule has 0 spiro atoms. The summed E-state index contributed by atoms with van der Waals surface area (Å²) < 4.78 is 25.8. The number of nitriles is 1. The molecule has 2 rings (SSSR count). The van der Waals surface area contributed by atoms with Crippen molar-refractivity contribution in [3.63, 3.8) is 0 Å². The number of hydrogen-bond donors (Lipinski definition) is 1. The summed E-state index contributed by atoms with van der Waals surface area (Å²) >= 11 is 0. The van der Waals surface area contributed by atoms with E-state index in [2.05, 4.69) is 22.6 Å². The summed E-state index contributed by atoms with van der Waals surface area (Å²) in [6.07, 6.45) is 3.25. The van der Waals surface area contributed by atoms with Crippen molar-refractivity contribution in [1.29, 1.82) is 5.26 Å². The van der Waals surface area contributed by atoms with Gasteiger partial charge in [0.05, 0.1) is 17.9 Å². The second-order valence-electron chi connectivity index (χ2n) is 6.01. The second-order valence-corrected chi connectivity index (χ2v) is 7.79. The lowest BCUT2D eigenvalue weighted by Gasteiger charge is -2.17. The smallest absolute Gasteiger partial charge is 0.209 e. The van der Waals surface area contributed by atoms with Gasteiger partial charge in [0.15, 0.2) is 0 Å². The van der Waals surface area contributed by atoms with Crippen LogP contribution in [-0.2, 0) is 16.6 Å². The first-order valence-corrected chi connectivity index (χ1v) is 9.49. The highest BCUT2D eigenvalue weighted by Crippen LogP contribution is 2.24. The minimum atomic E-state index is -3.20. The molecule has 1 aromatic rings. The van der Waals surface area contributed by atoms with E-state index in [-0.39, 0.29) is 18.4 Å². The predicted molar refractivity (Wildman–Crippen MR) is 93.8 cm³/mol. The molecule has 5 nitrogen and oxygen atoms in total. The van der Waals surface area contributed by atoms with Crippen LogP contribution in [0.2, 0.25) is 0 Å². The molecule has 1 N–H and O–H groups in total. The molecule has 2 atom stereocenters. The summed E-state index contributed by atoms with van der Waals surface area (Å²) in [7, 11) is -3.20. The van der Waals surface area contributed by atoms with E-state index in [1.54, 1.807) is 0 Å². The molecule has 1 aliphatic heterocycles. The zero-order chi connectivity index (χ0) is 16.2. The summed E-state index contributed by atoms with van der Waals surface area (Å²) in [6.45, 7) is 4.36. The fourth-order valence-corrected chi connectivity index (χ4v) is 3.99. The molecule has 1 aromatic carbocycles. The van der Waals surface area contributed by atoms with Crippen molar-refractivity contribution < 1.29 is 8.42 Å². The standard InChI is InChI=1S/C16H23N3O2S.ClH/c1-3-6-15-11-19(12-16(15)18-22(2,20)21)10-14-8-5-4-7-13(14)9-17;/h4-5,7-8,15-16,18H,3,6,10-12H2,1-2H3;1H/t15-,16-;/m0./s1. The van der Waals surface area contributed by atoms with Gasteiger partial charge in [-0.15, -0.1) is 12.4 Å². The maximum Gasteiger partial charge on any atom is 0.209 e. The average molecular weight is 358 g/mol. The van der Waals surface area contributed by atoms with Crippen LogP contribution in [0.3, 0.4) is 0 Å². The third-order valence-corrected chi connectivity index (χ3v) is 4.80. The van der Waals surface area contributed by atoms with E-state index in [4.69, 9.17) is 0 Å². The van der Waals surface area contributed by atoms with Crippen molar-refractivity contribution in [2.75, 3.05) is 19.3 Å². The molecule has 0 amide bonds. The normalized spacial score (nSPS) is 21.6. The van der Waals surface area contributed by atoms with Crippen molar-refractivity contribution in [2.45, 2.75) is 32.4 Å². The summed E-state index contributed by atoms with van der Waals surface area (Å²) in [4.78, 5) is 2.24. The molecule has 7 heteroatoms. The Bertz CT molecular complexity index is 658. The molecule has 0 bridgehead atoms. The van der Waals surface area contributed by atoms with E-state index in [1.165, 1.54) is 6.26 Å². The third-order valence-electron chi connectivity index (χ3n) is 4.07. The zero-order valence-electron chi connectivity index (χ0n) is 13.5. The van der Waals surface area contributed by atoms with Gasteiger partial charge < -0.3 is 0 Å². The van der Waals surface area contributed by atoms with Crippen molar-refractivity contribution in [2.24, 2.45) is 5.92 Å². The summed E-state index contributed by atoms with van der Waals surface area (Å²) in [5.74, 6) is 0.328. The van der Waals surface area contributed by atoms with Gasteiger partial charge in [-0.2, -0.15) is 5.26 Å². The molecule has 1 fully saturated rings. The van der Waals surface area contributed by atoms with Gasteiger partial charge >= 0.3 is 0 Å². The Morgan fingerprint density at radius 2 is 2.04 bits per heavy atom. The van der Waals surface area contributed by atoms with Crippen LogP contribution in [0, 0.1) is 17.2 Å². The Morgan fingerprint density at radius 3 is 2.65 bits per heavy atom. The first-order valence-electron chi connectivity index (χ1n) is 7.60. The summed E-state index contributed by atoms with van der Waals surface area (Å²) in [6, 6.07) is 9.76. The molecule has 0 aliphatic carbocycles. The van der Waals surface area contributed by atoms with Gasteiger partial charge in [0, 0.05) is 25.7 Å². The van der Waals surface area contributed by atoms with Crippen LogP contribution >= 0.6 is 12.4 Å². The quantitative estimate of drug-likeness (QED) is 0.846. The molecule has 23 heavy (non-hydrogen) atoms. The number of hydrogen-bond acceptors (Lipinski definition) is 4. The SMILES string of the molecule is CCC[C@H]1CN(Cc2ccccc2C#N)C[C@@H]1NS(C)(=O)=O.Cl. The number of benzene rings is 1. The number of nitrogens with one attached hydrogen (secondary N) is 1. The van der Waals surface area contributed by atoms with Gasteiger partial charge in [0.25, 0.3) is 0 Å². The molecule has 128 valence electrons. The minimum Gasteiger partial charge on any atom is -0.297 e. The Morgan fingerprint density at radius 1 is 1.35 bits per heavy atom. The van der Waals surface area contributed by atoms with Crippen LogP contribution in [0.25, 0.3) is 0 Å². The molecule has 0 unspecified atom stereocenters. The number of halogens is 1. The van der Waals surface area contributed by atoms with Crippen LogP contribution in [0.5, 0.6) is 0 Å². The van der Waals surface area contributed by atoms with Gasteiger partial charge in [-0.25, -0.2) is 13.1 Å². The van der Waals surface area contributed by atoms with Crippen molar-refractivity contribution >= 4 is 22.4 Å². The summed E-state index contributed by atoms with van der Waals surface area (Å²) in [5, 5.41) is 9.17. The lowest BCUT2D eigenvalue weighted by atomic mass is 9.99. The number of sulfonamides is 1. The fraction of sp³-hybridized carbons (Fsp3) is 0.562. The van der Waals surface area contributed by atoms with Gasteiger partial charge in [-0.05, 0) is 24.0 Å². The van der Waals surface area contributed by atoms with Crippen LogP contribution in [-0.4, -0.2) is 38.7 Å². The predicted octanol–water partition coefficient (Wildman–Crippen LogP) is 2.13. The Kier molecular flexibility index (Phi) is 7.49. The fourth-order valence-electron chi connectivity index (χ4n) is 3.17. The highest BCUT2D eigenvalue weighted by atomic mass is 35.5. The van der Waals surface area contributed by atoms with Crippen molar-refractivity contribution in [3.8, 4) is 6.07 Å². The Labute approximate surface area is 145 Å².